The highest BCUT2D eigenvalue weighted by atomic mass is 32.2. The number of hydrogen-bond acceptors (Lipinski definition) is 6. The molecule has 0 unspecified atom stereocenters. The third-order valence-corrected chi connectivity index (χ3v) is 5.10. The lowest BCUT2D eigenvalue weighted by atomic mass is 10.3. The second-order valence-electron chi connectivity index (χ2n) is 4.97. The molecule has 5 nitrogen and oxygen atoms in total. The number of nitrogens with two attached hydrogens (primary N) is 1. The summed E-state index contributed by atoms with van der Waals surface area (Å²) in [6, 6.07) is 6.04. The number of rotatable bonds is 3. The van der Waals surface area contributed by atoms with Crippen molar-refractivity contribution in [3.8, 4) is 0 Å². The molecule has 22 heavy (non-hydrogen) atoms. The van der Waals surface area contributed by atoms with Crippen LogP contribution in [0, 0.1) is 6.92 Å². The van der Waals surface area contributed by atoms with Gasteiger partial charge >= 0.3 is 0 Å². The zero-order valence-electron chi connectivity index (χ0n) is 11.9. The smallest absolute Gasteiger partial charge is 0.191 e. The van der Waals surface area contributed by atoms with E-state index in [-0.39, 0.29) is 0 Å². The number of thiophene rings is 1. The van der Waals surface area contributed by atoms with Gasteiger partial charge in [-0.15, -0.1) is 11.3 Å². The van der Waals surface area contributed by atoms with Crippen LogP contribution < -0.4 is 5.73 Å². The van der Waals surface area contributed by atoms with Crippen LogP contribution >= 0.6 is 23.1 Å². The van der Waals surface area contributed by atoms with E-state index in [1.54, 1.807) is 23.1 Å². The lowest BCUT2D eigenvalue weighted by Crippen LogP contribution is -1.95. The van der Waals surface area contributed by atoms with E-state index < -0.39 is 0 Å². The van der Waals surface area contributed by atoms with Gasteiger partial charge in [-0.2, -0.15) is 0 Å². The number of hydrogen-bond donors (Lipinski definition) is 1. The number of anilines is 1. The van der Waals surface area contributed by atoms with Gasteiger partial charge in [-0.25, -0.2) is 15.0 Å². The van der Waals surface area contributed by atoms with Gasteiger partial charge in [0.1, 0.15) is 16.3 Å². The summed E-state index contributed by atoms with van der Waals surface area (Å²) < 4.78 is 2.04. The van der Waals surface area contributed by atoms with Crippen molar-refractivity contribution in [3.63, 3.8) is 0 Å². The minimum atomic E-state index is 0.541. The maximum Gasteiger partial charge on any atom is 0.191 e. The number of nitrogens with zero attached hydrogens (tertiary/aromatic N) is 4. The Morgan fingerprint density at radius 1 is 1.27 bits per heavy atom. The first kappa shape index (κ1) is 13.5. The first-order chi connectivity index (χ1) is 10.7. The number of pyridine rings is 1. The third-order valence-electron chi connectivity index (χ3n) is 3.41. The SMILES string of the molecule is Cc1cccn2cc(CSc3nc(N)c4ccsc4n3)nc12. The Morgan fingerprint density at radius 2 is 2.18 bits per heavy atom. The number of imidazole rings is 1. The molecule has 0 atom stereocenters. The number of nitrogen functional groups attached to an aromatic ring is 1. The lowest BCUT2D eigenvalue weighted by molar-refractivity contribution is 1.01. The largest absolute Gasteiger partial charge is 0.383 e. The molecule has 0 saturated heterocycles. The van der Waals surface area contributed by atoms with Crippen LogP contribution in [0.5, 0.6) is 0 Å². The molecule has 110 valence electrons. The van der Waals surface area contributed by atoms with Crippen LogP contribution in [0.25, 0.3) is 15.9 Å². The fraction of sp³-hybridized carbons (Fsp3) is 0.133. The van der Waals surface area contributed by atoms with Crippen molar-refractivity contribution < 1.29 is 0 Å². The summed E-state index contributed by atoms with van der Waals surface area (Å²) in [4.78, 5) is 14.5. The minimum absolute atomic E-state index is 0.541. The quantitative estimate of drug-likeness (QED) is 0.460. The second kappa shape index (κ2) is 5.26. The fourth-order valence-electron chi connectivity index (χ4n) is 2.33. The number of thioether (sulfide) groups is 1. The van der Waals surface area contributed by atoms with Crippen molar-refractivity contribution in [2.24, 2.45) is 0 Å². The first-order valence-corrected chi connectivity index (χ1v) is 8.64. The van der Waals surface area contributed by atoms with E-state index in [1.165, 1.54) is 5.56 Å². The molecule has 0 aliphatic heterocycles. The summed E-state index contributed by atoms with van der Waals surface area (Å²) >= 11 is 3.13. The predicted octanol–water partition coefficient (Wildman–Crippen LogP) is 3.52. The Hall–Kier alpha value is -2.12. The maximum atomic E-state index is 5.97. The average molecular weight is 327 g/mol. The van der Waals surface area contributed by atoms with Gasteiger partial charge in [0, 0.05) is 18.1 Å². The highest BCUT2D eigenvalue weighted by Crippen LogP contribution is 2.27. The monoisotopic (exact) mass is 327 g/mol. The Bertz CT molecular complexity index is 973. The van der Waals surface area contributed by atoms with E-state index in [1.807, 2.05) is 34.3 Å². The number of aryl methyl sites for hydroxylation is 1. The van der Waals surface area contributed by atoms with Crippen molar-refractivity contribution in [2.75, 3.05) is 5.73 Å². The van der Waals surface area contributed by atoms with Crippen LogP contribution in [-0.4, -0.2) is 19.4 Å². The number of fused-ring (bicyclic) bond motifs is 2. The molecule has 2 N–H and O–H groups in total. The van der Waals surface area contributed by atoms with Crippen molar-refractivity contribution >= 4 is 44.8 Å². The van der Waals surface area contributed by atoms with Crippen molar-refractivity contribution in [3.05, 3.63) is 47.2 Å². The van der Waals surface area contributed by atoms with Gasteiger partial charge in [-0.1, -0.05) is 17.8 Å². The van der Waals surface area contributed by atoms with E-state index in [9.17, 15) is 0 Å². The van der Waals surface area contributed by atoms with Gasteiger partial charge in [-0.3, -0.25) is 0 Å². The Labute approximate surface area is 135 Å². The molecule has 0 radical (unpaired) electrons. The van der Waals surface area contributed by atoms with Crippen LogP contribution in [0.1, 0.15) is 11.3 Å². The van der Waals surface area contributed by atoms with Gasteiger partial charge in [-0.05, 0) is 30.0 Å². The van der Waals surface area contributed by atoms with Gasteiger partial charge in [0.2, 0.25) is 0 Å². The van der Waals surface area contributed by atoms with Crippen molar-refractivity contribution in [1.29, 1.82) is 0 Å². The lowest BCUT2D eigenvalue weighted by Gasteiger charge is -2.00. The van der Waals surface area contributed by atoms with E-state index in [0.29, 0.717) is 11.0 Å². The molecule has 4 aromatic heterocycles. The summed E-state index contributed by atoms with van der Waals surface area (Å²) in [5, 5.41) is 3.61. The van der Waals surface area contributed by atoms with Crippen LogP contribution in [0.2, 0.25) is 0 Å². The fourth-order valence-corrected chi connectivity index (χ4v) is 3.90. The summed E-state index contributed by atoms with van der Waals surface area (Å²) in [7, 11) is 0. The van der Waals surface area contributed by atoms with Crippen molar-refractivity contribution in [1.82, 2.24) is 19.4 Å². The predicted molar refractivity (Wildman–Crippen MR) is 91.3 cm³/mol. The van der Waals surface area contributed by atoms with Crippen LogP contribution in [0.15, 0.2) is 41.1 Å². The standard InChI is InChI=1S/C15H13N5S2/c1-9-3-2-5-20-7-10(17-13(9)20)8-22-15-18-12(16)11-4-6-21-14(11)19-15/h2-7H,8H2,1H3,(H2,16,18,19). The maximum absolute atomic E-state index is 5.97. The highest BCUT2D eigenvalue weighted by Gasteiger charge is 2.09. The molecule has 0 bridgehead atoms. The molecule has 4 rings (SSSR count). The van der Waals surface area contributed by atoms with Gasteiger partial charge in [0.25, 0.3) is 0 Å². The van der Waals surface area contributed by atoms with Gasteiger partial charge in [0.05, 0.1) is 11.1 Å². The summed E-state index contributed by atoms with van der Waals surface area (Å²) in [6.07, 6.45) is 4.05. The molecule has 0 saturated carbocycles. The highest BCUT2D eigenvalue weighted by molar-refractivity contribution is 7.98. The molecule has 0 fully saturated rings. The molecule has 0 spiro atoms. The van der Waals surface area contributed by atoms with Crippen LogP contribution in [0.3, 0.4) is 0 Å². The summed E-state index contributed by atoms with van der Waals surface area (Å²) in [5.41, 5.74) is 9.14. The Morgan fingerprint density at radius 3 is 3.05 bits per heavy atom. The molecule has 0 aromatic carbocycles. The molecule has 0 aliphatic carbocycles. The molecule has 0 amide bonds. The normalized spacial score (nSPS) is 11.5. The molecule has 4 aromatic rings. The van der Waals surface area contributed by atoms with E-state index in [0.717, 1.165) is 27.3 Å². The van der Waals surface area contributed by atoms with E-state index >= 15 is 0 Å². The molecule has 0 aliphatic rings. The first-order valence-electron chi connectivity index (χ1n) is 6.77. The summed E-state index contributed by atoms with van der Waals surface area (Å²) in [5.74, 6) is 1.26. The average Bonchev–Trinajstić information content (AvgIpc) is 3.12. The van der Waals surface area contributed by atoms with E-state index in [2.05, 4.69) is 27.9 Å². The zero-order valence-corrected chi connectivity index (χ0v) is 13.5. The van der Waals surface area contributed by atoms with E-state index in [4.69, 9.17) is 5.73 Å². The minimum Gasteiger partial charge on any atom is -0.383 e. The third kappa shape index (κ3) is 2.32. The Kier molecular flexibility index (Phi) is 3.24. The van der Waals surface area contributed by atoms with Crippen LogP contribution in [-0.2, 0) is 5.75 Å². The molecular weight excluding hydrogens is 314 g/mol. The topological polar surface area (TPSA) is 69.1 Å². The van der Waals surface area contributed by atoms with Crippen LogP contribution in [0.4, 0.5) is 5.82 Å². The number of aromatic nitrogens is 4. The second-order valence-corrected chi connectivity index (χ2v) is 6.81. The molecule has 4 heterocycles. The molecule has 7 heteroatoms. The zero-order chi connectivity index (χ0) is 15.1. The van der Waals surface area contributed by atoms with Gasteiger partial charge < -0.3 is 10.1 Å². The Balaban J connectivity index is 1.61. The van der Waals surface area contributed by atoms with Crippen molar-refractivity contribution in [2.45, 2.75) is 17.8 Å². The summed E-state index contributed by atoms with van der Waals surface area (Å²) in [6.45, 7) is 2.06. The molecular formula is C15H13N5S2. The van der Waals surface area contributed by atoms with Gasteiger partial charge in [0.15, 0.2) is 5.16 Å².